The quantitative estimate of drug-likeness (QED) is 0.0384. The molecule has 6 rings (SSSR count). The number of aliphatic hydroxyl groups excluding tert-OH is 2. The molecule has 0 saturated carbocycles. The van der Waals surface area contributed by atoms with E-state index >= 15 is 0 Å². The molecule has 1 aliphatic heterocycles. The number of aromatic hydroxyl groups is 2. The van der Waals surface area contributed by atoms with Crippen LogP contribution >= 0.6 is 0 Å². The van der Waals surface area contributed by atoms with Crippen LogP contribution < -0.4 is 25.8 Å². The van der Waals surface area contributed by atoms with Gasteiger partial charge in [-0.2, -0.15) is 30.4 Å². The van der Waals surface area contributed by atoms with Crippen molar-refractivity contribution < 1.29 is 73.6 Å². The van der Waals surface area contributed by atoms with Crippen LogP contribution in [0, 0.1) is 0 Å². The Morgan fingerprint density at radius 2 is 1.33 bits per heavy atom. The van der Waals surface area contributed by atoms with Gasteiger partial charge in [-0.3, -0.25) is 18.5 Å². The zero-order chi connectivity index (χ0) is 44.4. The number of hydrogen-bond acceptors (Lipinski definition) is 20. The summed E-state index contributed by atoms with van der Waals surface area (Å²) >= 11 is 0. The average Bonchev–Trinajstić information content (AvgIpc) is 3.51. The third kappa shape index (κ3) is 9.64. The first-order chi connectivity index (χ1) is 28.7. The van der Waals surface area contributed by atoms with Crippen LogP contribution in [0.2, 0.25) is 0 Å². The largest absolute Gasteiger partial charge is 0.507 e. The smallest absolute Gasteiger partial charge is 0.296 e. The number of azo groups is 2. The summed E-state index contributed by atoms with van der Waals surface area (Å²) in [6.45, 7) is -0.159. The summed E-state index contributed by atoms with van der Waals surface area (Å²) in [7, 11) is -15.1. The Morgan fingerprint density at radius 1 is 0.721 bits per heavy atom. The normalized spacial score (nSPS) is 14.9. The first-order valence-electron chi connectivity index (χ1n) is 17.1. The summed E-state index contributed by atoms with van der Waals surface area (Å²) in [5.41, 5.74) is 7.17. The highest BCUT2D eigenvalue weighted by atomic mass is 32.2. The van der Waals surface area contributed by atoms with E-state index in [2.05, 4.69) is 41.8 Å². The second-order valence-corrected chi connectivity index (χ2v) is 16.8. The van der Waals surface area contributed by atoms with Crippen LogP contribution in [0.1, 0.15) is 6.92 Å². The number of hydrazone groups is 1. The first kappa shape index (κ1) is 44.1. The number of benzene rings is 5. The van der Waals surface area contributed by atoms with E-state index in [0.29, 0.717) is 23.5 Å². The fourth-order valence-corrected chi connectivity index (χ4v) is 7.67. The van der Waals surface area contributed by atoms with Crippen LogP contribution in [0.4, 0.5) is 28.4 Å². The van der Waals surface area contributed by atoms with Gasteiger partial charge in [0.05, 0.1) is 34.9 Å². The lowest BCUT2D eigenvalue weighted by atomic mass is 10.1. The number of rotatable bonds is 16. The second-order valence-electron chi connectivity index (χ2n) is 12.6. The van der Waals surface area contributed by atoms with E-state index < -0.39 is 98.2 Å². The number of nitrogens with one attached hydrogen (secondary N) is 3. The molecule has 24 nitrogen and oxygen atoms in total. The third-order valence-corrected chi connectivity index (χ3v) is 11.2. The first-order valence-corrected chi connectivity index (χ1v) is 21.4. The van der Waals surface area contributed by atoms with Gasteiger partial charge in [-0.15, -0.1) is 20.5 Å². The number of anilines is 1. The lowest BCUT2D eigenvalue weighted by Crippen LogP contribution is -2.44. The Morgan fingerprint density at radius 3 is 1.89 bits per heavy atom. The van der Waals surface area contributed by atoms with Crippen molar-refractivity contribution in [1.29, 1.82) is 0 Å². The summed E-state index contributed by atoms with van der Waals surface area (Å²) in [5, 5.41) is 60.1. The molecule has 1 aliphatic rings. The van der Waals surface area contributed by atoms with Crippen molar-refractivity contribution in [2.75, 3.05) is 31.9 Å². The molecule has 0 fully saturated rings. The number of amides is 1. The number of aliphatic hydroxyl groups is 2. The number of hydrogen-bond donors (Lipinski definition) is 10. The van der Waals surface area contributed by atoms with Crippen molar-refractivity contribution in [3.05, 3.63) is 60.7 Å². The minimum Gasteiger partial charge on any atom is -0.507 e. The number of nitrogens with zero attached hydrogens (tertiary/aromatic N) is 5. The lowest BCUT2D eigenvalue weighted by Gasteiger charge is -2.15. The summed E-state index contributed by atoms with van der Waals surface area (Å²) in [6.07, 6.45) is 0. The highest BCUT2D eigenvalue weighted by molar-refractivity contribution is 7.86. The molecule has 5 aromatic carbocycles. The summed E-state index contributed by atoms with van der Waals surface area (Å²) in [5.74, 6) is -2.47. The summed E-state index contributed by atoms with van der Waals surface area (Å²) in [6, 6.07) is 9.84. The number of carbonyl (C=O) groups excluding carboxylic acids is 1. The van der Waals surface area contributed by atoms with Gasteiger partial charge in [-0.05, 0) is 54.8 Å². The fraction of sp³-hybridized carbons (Fsp3) is 0.176. The number of fused-ring (bicyclic) bond motifs is 2. The van der Waals surface area contributed by atoms with Crippen molar-refractivity contribution in [2.45, 2.75) is 27.7 Å². The molecule has 10 N–H and O–H groups in total. The number of carbonyl (C=O) groups is 1. The summed E-state index contributed by atoms with van der Waals surface area (Å²) < 4.78 is 114. The maximum atomic E-state index is 12.6. The average molecular weight is 905 g/mol. The minimum atomic E-state index is -5.10. The number of hydrazine groups is 1. The van der Waals surface area contributed by atoms with Crippen molar-refractivity contribution >= 4 is 92.0 Å². The number of phenolic OH excluding ortho intramolecular Hbond substituents is 2. The molecular weight excluding hydrogens is 873 g/mol. The van der Waals surface area contributed by atoms with E-state index in [9.17, 15) is 64.1 Å². The Hall–Kier alpha value is -6.43. The van der Waals surface area contributed by atoms with Gasteiger partial charge in [0.2, 0.25) is 0 Å². The molecule has 1 amide bonds. The van der Waals surface area contributed by atoms with Crippen LogP contribution in [-0.4, -0.2) is 103 Å². The predicted molar refractivity (Wildman–Crippen MR) is 212 cm³/mol. The Kier molecular flexibility index (Phi) is 12.5. The molecule has 322 valence electrons. The molecule has 0 aliphatic carbocycles. The zero-order valence-corrected chi connectivity index (χ0v) is 33.4. The van der Waals surface area contributed by atoms with Gasteiger partial charge in [-0.1, -0.05) is 0 Å². The third-order valence-electron chi connectivity index (χ3n) is 8.55. The maximum absolute atomic E-state index is 12.6. The van der Waals surface area contributed by atoms with Gasteiger partial charge < -0.3 is 35.3 Å². The molecule has 0 aromatic heterocycles. The molecule has 61 heavy (non-hydrogen) atoms. The lowest BCUT2D eigenvalue weighted by molar-refractivity contribution is -0.120. The van der Waals surface area contributed by atoms with Gasteiger partial charge in [0, 0.05) is 34.7 Å². The fourth-order valence-electron chi connectivity index (χ4n) is 5.81. The standard InChI is InChI=1S/C34H32N8O16S3/c1-16-31(34(47)42-35-16)40-36-18-2-3-20-17(10-18)11-29(61(54,55)56)32(33(20)46)41-39-24-15-26(57-8-6-43)23(14-27(24)58-9-7-44)38-37-22-4-5-28(60(51,52)53)21-12-19(59(48,49)50)13-25(45)30(21)22/h2-5,10-15,31,36,40,43-46H,6-9H2,1H3,(H,42,47)(H,48,49,50)(H,51,52,53)(H,54,55,56). The minimum absolute atomic E-state index is 0.0557. The van der Waals surface area contributed by atoms with E-state index in [0.717, 1.165) is 30.3 Å². The van der Waals surface area contributed by atoms with E-state index in [1.54, 1.807) is 6.92 Å². The van der Waals surface area contributed by atoms with Gasteiger partial charge in [-0.25, -0.2) is 10.9 Å². The molecule has 1 unspecified atom stereocenters. The van der Waals surface area contributed by atoms with Gasteiger partial charge in [0.25, 0.3) is 36.3 Å². The van der Waals surface area contributed by atoms with Crippen LogP contribution in [0.3, 0.4) is 0 Å². The molecule has 5 aromatic rings. The molecule has 0 bridgehead atoms. The Labute approximate surface area is 344 Å². The molecule has 0 spiro atoms. The monoisotopic (exact) mass is 904 g/mol. The zero-order valence-electron chi connectivity index (χ0n) is 30.9. The van der Waals surface area contributed by atoms with Crippen molar-refractivity contribution in [3.63, 3.8) is 0 Å². The van der Waals surface area contributed by atoms with E-state index in [-0.39, 0.29) is 52.5 Å². The van der Waals surface area contributed by atoms with E-state index in [1.165, 1.54) is 18.2 Å². The van der Waals surface area contributed by atoms with Gasteiger partial charge >= 0.3 is 0 Å². The number of ether oxygens (including phenoxy) is 2. The molecule has 27 heteroatoms. The van der Waals surface area contributed by atoms with Crippen LogP contribution in [-0.2, 0) is 35.1 Å². The highest BCUT2D eigenvalue weighted by Gasteiger charge is 2.27. The van der Waals surface area contributed by atoms with Crippen LogP contribution in [0.5, 0.6) is 23.0 Å². The molecule has 1 atom stereocenters. The topological polar surface area (TPSA) is 377 Å². The molecule has 0 radical (unpaired) electrons. The predicted octanol–water partition coefficient (Wildman–Crippen LogP) is 3.51. The van der Waals surface area contributed by atoms with Gasteiger partial charge in [0.1, 0.15) is 63.4 Å². The number of phenols is 2. The van der Waals surface area contributed by atoms with Crippen LogP contribution in [0.15, 0.2) is 101 Å². The molecular formula is C34H32N8O16S3. The Balaban J connectivity index is 1.43. The van der Waals surface area contributed by atoms with Crippen molar-refractivity contribution in [1.82, 2.24) is 10.9 Å². The van der Waals surface area contributed by atoms with Crippen molar-refractivity contribution in [2.24, 2.45) is 25.6 Å². The highest BCUT2D eigenvalue weighted by Crippen LogP contribution is 2.46. The second kappa shape index (κ2) is 17.3. The van der Waals surface area contributed by atoms with Crippen molar-refractivity contribution in [3.8, 4) is 23.0 Å². The van der Waals surface area contributed by atoms with Gasteiger partial charge in [0.15, 0.2) is 5.75 Å². The van der Waals surface area contributed by atoms with Crippen LogP contribution in [0.25, 0.3) is 21.5 Å². The molecule has 1 heterocycles. The summed E-state index contributed by atoms with van der Waals surface area (Å²) in [4.78, 5) is 9.37. The Bertz CT molecular complexity index is 3030. The maximum Gasteiger partial charge on any atom is 0.296 e. The molecule has 0 saturated heterocycles. The van der Waals surface area contributed by atoms with E-state index in [4.69, 9.17) is 9.47 Å². The van der Waals surface area contributed by atoms with E-state index in [1.807, 2.05) is 0 Å². The SMILES string of the molecule is CC1=NNC(=O)C1NNc1ccc2c(O)c(N=Nc3cc(OCCO)c(N=Nc4ccc(S(=O)(=O)O)c5cc(S(=O)(=O)O)cc(O)c45)cc3OCCO)c(S(=O)(=O)O)cc2c1.